The van der Waals surface area contributed by atoms with E-state index >= 15 is 0 Å². The summed E-state index contributed by atoms with van der Waals surface area (Å²) in [4.78, 5) is 42.7. The van der Waals surface area contributed by atoms with Crippen LogP contribution in [-0.4, -0.2) is 88.9 Å². The van der Waals surface area contributed by atoms with Crippen molar-refractivity contribution in [2.45, 2.75) is 57.5 Å². The van der Waals surface area contributed by atoms with Crippen molar-refractivity contribution < 1.29 is 37.4 Å². The van der Waals surface area contributed by atoms with Crippen molar-refractivity contribution in [2.75, 3.05) is 38.0 Å². The average Bonchev–Trinajstić information content (AvgIpc) is 3.58. The number of piperazine rings is 1. The molecule has 1 saturated carbocycles. The number of nitrogens with zero attached hydrogens (tertiary/aromatic N) is 3. The van der Waals surface area contributed by atoms with Crippen LogP contribution in [0.5, 0.6) is 5.75 Å². The first kappa shape index (κ1) is 26.1. The van der Waals surface area contributed by atoms with Gasteiger partial charge in [-0.3, -0.25) is 9.59 Å². The third kappa shape index (κ3) is 6.03. The van der Waals surface area contributed by atoms with Crippen molar-refractivity contribution in [3.05, 3.63) is 24.3 Å². The molecule has 0 bridgehead atoms. The summed E-state index contributed by atoms with van der Waals surface area (Å²) in [5.41, 5.74) is 0.142. The number of rotatable bonds is 6. The Morgan fingerprint density at radius 1 is 1.19 bits per heavy atom. The number of anilines is 1. The predicted octanol–water partition coefficient (Wildman–Crippen LogP) is 2.80. The molecule has 4 amide bonds. The number of β-amino-alcohol motifs (C(OH)–C–C–N with tert-alkyl or cyclic N) is 1. The van der Waals surface area contributed by atoms with E-state index in [0.717, 1.165) is 31.4 Å². The second kappa shape index (κ2) is 10.2. The number of ether oxygens (including phenoxy) is 1. The van der Waals surface area contributed by atoms with Crippen LogP contribution in [0.2, 0.25) is 0 Å². The van der Waals surface area contributed by atoms with Crippen molar-refractivity contribution in [3.63, 3.8) is 0 Å². The number of carbonyl (C=O) groups excluding carboxylic acids is 3. The highest BCUT2D eigenvalue weighted by molar-refractivity contribution is 5.94. The summed E-state index contributed by atoms with van der Waals surface area (Å²) in [6, 6.07) is 3.54. The van der Waals surface area contributed by atoms with E-state index in [1.54, 1.807) is 16.7 Å². The van der Waals surface area contributed by atoms with Gasteiger partial charge in [-0.25, -0.2) is 4.79 Å². The molecule has 0 unspecified atom stereocenters. The van der Waals surface area contributed by atoms with E-state index < -0.39 is 30.3 Å². The summed E-state index contributed by atoms with van der Waals surface area (Å²) in [5, 5.41) is 12.8. The second-order valence-electron chi connectivity index (χ2n) is 9.77. The quantitative estimate of drug-likeness (QED) is 0.611. The lowest BCUT2D eigenvalue weighted by molar-refractivity contribution is -0.274. The molecule has 0 radical (unpaired) electrons. The molecule has 198 valence electrons. The van der Waals surface area contributed by atoms with Crippen LogP contribution in [0.1, 0.15) is 39.0 Å². The van der Waals surface area contributed by atoms with Crippen molar-refractivity contribution in [2.24, 2.45) is 5.41 Å². The zero-order chi connectivity index (χ0) is 26.1. The molecule has 2 heterocycles. The molecule has 0 aromatic heterocycles. The van der Waals surface area contributed by atoms with Crippen LogP contribution in [0.4, 0.5) is 23.7 Å². The molecule has 1 aromatic carbocycles. The van der Waals surface area contributed by atoms with Gasteiger partial charge in [0, 0.05) is 50.9 Å². The number of aliphatic hydroxyl groups is 1. The number of nitrogens with one attached hydrogen (secondary N) is 1. The first-order valence-corrected chi connectivity index (χ1v) is 12.2. The lowest BCUT2D eigenvalue weighted by atomic mass is 9.90. The predicted molar refractivity (Wildman–Crippen MR) is 123 cm³/mol. The molecule has 3 aliphatic rings. The Balaban J connectivity index is 1.23. The summed E-state index contributed by atoms with van der Waals surface area (Å²) in [6.07, 6.45) is -1.67. The number of piperidine rings is 1. The van der Waals surface area contributed by atoms with E-state index in [9.17, 15) is 32.7 Å². The van der Waals surface area contributed by atoms with Crippen molar-refractivity contribution >= 4 is 23.5 Å². The summed E-state index contributed by atoms with van der Waals surface area (Å²) < 4.78 is 41.2. The molecule has 36 heavy (non-hydrogen) atoms. The van der Waals surface area contributed by atoms with Gasteiger partial charge in [0.1, 0.15) is 11.8 Å². The van der Waals surface area contributed by atoms with Crippen LogP contribution >= 0.6 is 0 Å². The number of hydrogen-bond donors (Lipinski definition) is 2. The molecular weight excluding hydrogens is 481 g/mol. The summed E-state index contributed by atoms with van der Waals surface area (Å²) in [7, 11) is 0. The molecule has 12 heteroatoms. The molecule has 1 aromatic rings. The zero-order valence-electron chi connectivity index (χ0n) is 20.1. The van der Waals surface area contributed by atoms with Crippen molar-refractivity contribution in [1.82, 2.24) is 14.7 Å². The molecule has 2 atom stereocenters. The maximum absolute atomic E-state index is 12.8. The number of hydrogen-bond acceptors (Lipinski definition) is 5. The number of likely N-dealkylation sites (tertiary alicyclic amines) is 1. The van der Waals surface area contributed by atoms with Crippen LogP contribution < -0.4 is 10.1 Å². The largest absolute Gasteiger partial charge is 0.573 e. The maximum atomic E-state index is 12.8. The van der Waals surface area contributed by atoms with Crippen molar-refractivity contribution in [3.8, 4) is 5.75 Å². The zero-order valence-corrected chi connectivity index (χ0v) is 20.1. The number of urea groups is 1. The molecular formula is C24H31F3N4O5. The number of amides is 4. The van der Waals surface area contributed by atoms with Crippen LogP contribution in [0.3, 0.4) is 0 Å². The van der Waals surface area contributed by atoms with Gasteiger partial charge in [-0.05, 0) is 50.2 Å². The third-order valence-corrected chi connectivity index (χ3v) is 7.37. The highest BCUT2D eigenvalue weighted by Gasteiger charge is 2.51. The first-order valence-electron chi connectivity index (χ1n) is 12.2. The summed E-state index contributed by atoms with van der Waals surface area (Å²) in [5.74, 6) is -0.753. The van der Waals surface area contributed by atoms with E-state index in [1.807, 2.05) is 0 Å². The lowest BCUT2D eigenvalue weighted by Gasteiger charge is -2.39. The molecule has 2 aliphatic heterocycles. The van der Waals surface area contributed by atoms with E-state index in [-0.39, 0.29) is 42.4 Å². The Morgan fingerprint density at radius 3 is 2.61 bits per heavy atom. The average molecular weight is 513 g/mol. The fourth-order valence-corrected chi connectivity index (χ4v) is 4.96. The highest BCUT2D eigenvalue weighted by atomic mass is 19.4. The van der Waals surface area contributed by atoms with Gasteiger partial charge in [-0.15, -0.1) is 13.2 Å². The van der Waals surface area contributed by atoms with Gasteiger partial charge in [0.15, 0.2) is 0 Å². The minimum atomic E-state index is -4.85. The Labute approximate surface area is 207 Å². The van der Waals surface area contributed by atoms with Crippen molar-refractivity contribution in [1.29, 1.82) is 0 Å². The van der Waals surface area contributed by atoms with Gasteiger partial charge in [0.25, 0.3) is 0 Å². The molecule has 4 rings (SSSR count). The van der Waals surface area contributed by atoms with Gasteiger partial charge in [-0.1, -0.05) is 6.07 Å². The standard InChI is InChI=1S/C24H31F3N4O5/c1-16-21(34)29(10-3-6-20(33)30-11-9-23(7-8-23)19(32)15-30)12-13-31(16)22(35)28-17-4-2-5-18(14-17)36-24(25,26)27/h2,4-5,14,16,19,32H,3,6-13,15H2,1H3,(H,28,35)/t16-,19+/m0/s1. The monoisotopic (exact) mass is 512 g/mol. The number of carbonyl (C=O) groups is 3. The minimum absolute atomic E-state index is 0.0280. The van der Waals surface area contributed by atoms with Gasteiger partial charge in [0.05, 0.1) is 6.10 Å². The van der Waals surface area contributed by atoms with E-state index in [0.29, 0.717) is 26.1 Å². The summed E-state index contributed by atoms with van der Waals surface area (Å²) in [6.45, 7) is 3.52. The Hall–Kier alpha value is -3.02. The SMILES string of the molecule is C[C@H]1C(=O)N(CCCC(=O)N2CCC3(CC3)[C@H](O)C2)CCN1C(=O)Nc1cccc(OC(F)(F)F)c1. The Kier molecular flexibility index (Phi) is 7.35. The molecule has 3 fully saturated rings. The minimum Gasteiger partial charge on any atom is -0.406 e. The Morgan fingerprint density at radius 2 is 1.94 bits per heavy atom. The molecule has 2 N–H and O–H groups in total. The fraction of sp³-hybridized carbons (Fsp3) is 0.625. The number of aliphatic hydroxyl groups excluding tert-OH is 1. The smallest absolute Gasteiger partial charge is 0.406 e. The van der Waals surface area contributed by atoms with Gasteiger partial charge < -0.3 is 29.9 Å². The topological polar surface area (TPSA) is 102 Å². The van der Waals surface area contributed by atoms with Crippen LogP contribution in [0.25, 0.3) is 0 Å². The number of halogens is 3. The van der Waals surface area contributed by atoms with Crippen LogP contribution in [0, 0.1) is 5.41 Å². The molecule has 1 spiro atoms. The first-order chi connectivity index (χ1) is 17.0. The molecule has 9 nitrogen and oxygen atoms in total. The van der Waals surface area contributed by atoms with E-state index in [2.05, 4.69) is 10.1 Å². The normalized spacial score (nSPS) is 23.6. The number of benzene rings is 1. The molecule has 1 aliphatic carbocycles. The van der Waals surface area contributed by atoms with Gasteiger partial charge >= 0.3 is 12.4 Å². The van der Waals surface area contributed by atoms with E-state index in [1.165, 1.54) is 17.0 Å². The van der Waals surface area contributed by atoms with E-state index in [4.69, 9.17) is 0 Å². The lowest BCUT2D eigenvalue weighted by Crippen LogP contribution is -2.58. The third-order valence-electron chi connectivity index (χ3n) is 7.37. The summed E-state index contributed by atoms with van der Waals surface area (Å²) >= 11 is 0. The second-order valence-corrected chi connectivity index (χ2v) is 9.77. The van der Waals surface area contributed by atoms with Crippen LogP contribution in [0.15, 0.2) is 24.3 Å². The fourth-order valence-electron chi connectivity index (χ4n) is 4.96. The highest BCUT2D eigenvalue weighted by Crippen LogP contribution is 2.53. The van der Waals surface area contributed by atoms with Gasteiger partial charge in [0.2, 0.25) is 11.8 Å². The molecule has 2 saturated heterocycles. The Bertz CT molecular complexity index is 1000. The van der Waals surface area contributed by atoms with Crippen LogP contribution in [-0.2, 0) is 9.59 Å². The van der Waals surface area contributed by atoms with Gasteiger partial charge in [-0.2, -0.15) is 0 Å². The number of alkyl halides is 3. The maximum Gasteiger partial charge on any atom is 0.573 e.